The summed E-state index contributed by atoms with van der Waals surface area (Å²) in [7, 11) is 0. The van der Waals surface area contributed by atoms with E-state index in [1.54, 1.807) is 4.90 Å². The Morgan fingerprint density at radius 3 is 2.30 bits per heavy atom. The van der Waals surface area contributed by atoms with Gasteiger partial charge in [-0.15, -0.1) is 0 Å². The molecule has 0 aromatic heterocycles. The molecule has 1 aliphatic rings. The fourth-order valence-corrected chi connectivity index (χ4v) is 2.54. The summed E-state index contributed by atoms with van der Waals surface area (Å²) >= 11 is 3.50. The van der Waals surface area contributed by atoms with Crippen LogP contribution in [-0.4, -0.2) is 59.9 Å². The Kier molecular flexibility index (Phi) is 8.31. The van der Waals surface area contributed by atoms with Gasteiger partial charge in [0.25, 0.3) is 0 Å². The number of ether oxygens (including phenoxy) is 3. The van der Waals surface area contributed by atoms with Crippen LogP contribution in [0.4, 0.5) is 4.79 Å². The summed E-state index contributed by atoms with van der Waals surface area (Å²) in [6, 6.07) is 0. The number of alkyl halides is 1. The fourth-order valence-electron chi connectivity index (χ4n) is 2.20. The van der Waals surface area contributed by atoms with E-state index in [0.717, 1.165) is 12.8 Å². The van der Waals surface area contributed by atoms with Gasteiger partial charge in [0, 0.05) is 11.9 Å². The van der Waals surface area contributed by atoms with Crippen molar-refractivity contribution in [2.24, 2.45) is 0 Å². The molecule has 1 aliphatic carbocycles. The van der Waals surface area contributed by atoms with Crippen molar-refractivity contribution in [3.63, 3.8) is 0 Å². The maximum Gasteiger partial charge on any atom is 0.410 e. The number of likely N-dealkylation sites (N-methyl/N-ethyl adjacent to an activating group) is 1. The first-order chi connectivity index (χ1) is 10.7. The van der Waals surface area contributed by atoms with Crippen molar-refractivity contribution in [3.05, 3.63) is 0 Å². The van der Waals surface area contributed by atoms with Gasteiger partial charge in [0.15, 0.2) is 0 Å². The Morgan fingerprint density at radius 1 is 1.22 bits per heavy atom. The van der Waals surface area contributed by atoms with E-state index >= 15 is 0 Å². The monoisotopic (exact) mass is 393 g/mol. The van der Waals surface area contributed by atoms with Crippen LogP contribution in [0, 0.1) is 0 Å². The van der Waals surface area contributed by atoms with Gasteiger partial charge in [-0.3, -0.25) is 0 Å². The smallest absolute Gasteiger partial charge is 0.410 e. The molecule has 0 radical (unpaired) electrons. The Hall–Kier alpha value is -0.330. The highest BCUT2D eigenvalue weighted by atomic mass is 79.9. The van der Waals surface area contributed by atoms with Crippen molar-refractivity contribution < 1.29 is 19.0 Å². The minimum Gasteiger partial charge on any atom is -0.444 e. The molecule has 0 saturated heterocycles. The van der Waals surface area contributed by atoms with E-state index in [9.17, 15) is 4.79 Å². The molecule has 1 fully saturated rings. The molecule has 1 unspecified atom stereocenters. The third-order valence-electron chi connectivity index (χ3n) is 3.78. The third kappa shape index (κ3) is 7.86. The zero-order chi connectivity index (χ0) is 17.5. The number of rotatable bonds is 9. The first-order valence-corrected chi connectivity index (χ1v) is 9.61. The average Bonchev–Trinajstić information content (AvgIpc) is 2.40. The summed E-state index contributed by atoms with van der Waals surface area (Å²) in [6.45, 7) is 11.8. The predicted molar refractivity (Wildman–Crippen MR) is 95.2 cm³/mol. The molecule has 1 amide bonds. The Morgan fingerprint density at radius 2 is 1.87 bits per heavy atom. The van der Waals surface area contributed by atoms with Gasteiger partial charge in [0.2, 0.25) is 0 Å². The van der Waals surface area contributed by atoms with Crippen LogP contribution in [0.3, 0.4) is 0 Å². The van der Waals surface area contributed by atoms with E-state index < -0.39 is 11.2 Å². The quantitative estimate of drug-likeness (QED) is 0.438. The number of nitrogens with zero attached hydrogens (tertiary/aromatic N) is 1. The van der Waals surface area contributed by atoms with Crippen LogP contribution in [0.5, 0.6) is 0 Å². The lowest BCUT2D eigenvalue weighted by Crippen LogP contribution is -2.48. The number of halogens is 1. The molecule has 0 aliphatic heterocycles. The van der Waals surface area contributed by atoms with Crippen LogP contribution < -0.4 is 0 Å². The maximum absolute atomic E-state index is 12.3. The molecule has 0 spiro atoms. The molecule has 6 heteroatoms. The molecule has 1 saturated carbocycles. The second-order valence-electron chi connectivity index (χ2n) is 7.35. The fraction of sp³-hybridized carbons (Fsp3) is 0.941. The van der Waals surface area contributed by atoms with Crippen LogP contribution in [-0.2, 0) is 14.2 Å². The Bertz CT molecular complexity index is 368. The van der Waals surface area contributed by atoms with Gasteiger partial charge < -0.3 is 19.1 Å². The van der Waals surface area contributed by atoms with Gasteiger partial charge in [-0.1, -0.05) is 15.9 Å². The zero-order valence-corrected chi connectivity index (χ0v) is 16.8. The van der Waals surface area contributed by atoms with E-state index in [4.69, 9.17) is 14.2 Å². The highest BCUT2D eigenvalue weighted by Crippen LogP contribution is 2.22. The summed E-state index contributed by atoms with van der Waals surface area (Å²) in [5.74, 6) is 0. The lowest BCUT2D eigenvalue weighted by atomic mass is 9.96. The third-order valence-corrected chi connectivity index (χ3v) is 4.97. The topological polar surface area (TPSA) is 48.0 Å². The van der Waals surface area contributed by atoms with Gasteiger partial charge in [-0.05, 0) is 53.9 Å². The van der Waals surface area contributed by atoms with Crippen LogP contribution in [0.25, 0.3) is 0 Å². The van der Waals surface area contributed by atoms with Gasteiger partial charge in [-0.25, -0.2) is 4.79 Å². The van der Waals surface area contributed by atoms with Crippen LogP contribution in [0.2, 0.25) is 0 Å². The standard InChI is InChI=1S/C17H32BrNO4/c1-6-19(15(20)23-16(2,3)4)13-17(5,12-18)22-11-10-21-14-8-7-9-14/h14H,6-13H2,1-5H3. The van der Waals surface area contributed by atoms with E-state index in [0.29, 0.717) is 37.7 Å². The second kappa shape index (κ2) is 9.23. The molecule has 1 atom stereocenters. The zero-order valence-electron chi connectivity index (χ0n) is 15.2. The lowest BCUT2D eigenvalue weighted by molar-refractivity contribution is -0.0814. The minimum atomic E-state index is -0.493. The highest BCUT2D eigenvalue weighted by Gasteiger charge is 2.31. The molecular weight excluding hydrogens is 362 g/mol. The Balaban J connectivity index is 2.43. The summed E-state index contributed by atoms with van der Waals surface area (Å²) < 4.78 is 17.2. The van der Waals surface area contributed by atoms with Crippen molar-refractivity contribution in [3.8, 4) is 0 Å². The summed E-state index contributed by atoms with van der Waals surface area (Å²) in [5, 5.41) is 0.642. The van der Waals surface area contributed by atoms with Gasteiger partial charge in [0.1, 0.15) is 5.60 Å². The average molecular weight is 394 g/mol. The SMILES string of the molecule is CCN(CC(C)(CBr)OCCOC1CCC1)C(=O)OC(C)(C)C. The molecule has 0 aromatic carbocycles. The molecule has 0 bridgehead atoms. The minimum absolute atomic E-state index is 0.304. The molecule has 1 rings (SSSR count). The van der Waals surface area contributed by atoms with Gasteiger partial charge in [0.05, 0.1) is 31.5 Å². The normalized spacial score (nSPS) is 18.2. The van der Waals surface area contributed by atoms with Crippen LogP contribution in [0.1, 0.15) is 53.9 Å². The highest BCUT2D eigenvalue weighted by molar-refractivity contribution is 9.09. The van der Waals surface area contributed by atoms with Crippen molar-refractivity contribution in [1.29, 1.82) is 0 Å². The number of amides is 1. The number of hydrogen-bond donors (Lipinski definition) is 0. The summed E-state index contributed by atoms with van der Waals surface area (Å²) in [6.07, 6.45) is 3.71. The van der Waals surface area contributed by atoms with Crippen molar-refractivity contribution >= 4 is 22.0 Å². The molecule has 0 heterocycles. The van der Waals surface area contributed by atoms with Crippen molar-refractivity contribution in [2.45, 2.75) is 71.2 Å². The van der Waals surface area contributed by atoms with E-state index in [1.165, 1.54) is 6.42 Å². The maximum atomic E-state index is 12.3. The van der Waals surface area contributed by atoms with E-state index in [1.807, 2.05) is 34.6 Å². The second-order valence-corrected chi connectivity index (χ2v) is 7.91. The molecule has 0 N–H and O–H groups in total. The van der Waals surface area contributed by atoms with Gasteiger partial charge >= 0.3 is 6.09 Å². The number of carbonyl (C=O) groups is 1. The van der Waals surface area contributed by atoms with Gasteiger partial charge in [-0.2, -0.15) is 0 Å². The molecule has 5 nitrogen and oxygen atoms in total. The van der Waals surface area contributed by atoms with Crippen molar-refractivity contribution in [2.75, 3.05) is 31.6 Å². The predicted octanol–water partition coefficient (Wildman–Crippen LogP) is 3.98. The Labute approximate surface area is 149 Å². The number of carbonyl (C=O) groups excluding carboxylic acids is 1. The molecule has 136 valence electrons. The van der Waals surface area contributed by atoms with Crippen molar-refractivity contribution in [1.82, 2.24) is 4.90 Å². The van der Waals surface area contributed by atoms with E-state index in [2.05, 4.69) is 15.9 Å². The number of hydrogen-bond acceptors (Lipinski definition) is 4. The largest absolute Gasteiger partial charge is 0.444 e. The van der Waals surface area contributed by atoms with Crippen LogP contribution >= 0.6 is 15.9 Å². The summed E-state index contributed by atoms with van der Waals surface area (Å²) in [5.41, 5.74) is -0.956. The summed E-state index contributed by atoms with van der Waals surface area (Å²) in [4.78, 5) is 13.9. The lowest BCUT2D eigenvalue weighted by Gasteiger charge is -2.35. The molecule has 0 aromatic rings. The first kappa shape index (κ1) is 20.7. The molecule has 23 heavy (non-hydrogen) atoms. The first-order valence-electron chi connectivity index (χ1n) is 8.48. The van der Waals surface area contributed by atoms with E-state index in [-0.39, 0.29) is 6.09 Å². The molecular formula is C17H32BrNO4. The van der Waals surface area contributed by atoms with Crippen LogP contribution in [0.15, 0.2) is 0 Å².